The zero-order chi connectivity index (χ0) is 15.2. The number of halogens is 1. The number of benzene rings is 1. The molecule has 0 aliphatic heterocycles. The molecule has 2 aromatic rings. The number of carbonyl (C=O) groups excluding carboxylic acids is 1. The van der Waals surface area contributed by atoms with Crippen molar-refractivity contribution in [2.45, 2.75) is 12.8 Å². The lowest BCUT2D eigenvalue weighted by atomic mass is 10.1. The molecule has 6 heteroatoms. The summed E-state index contributed by atoms with van der Waals surface area (Å²) < 4.78 is 13.5. The van der Waals surface area contributed by atoms with Crippen molar-refractivity contribution < 1.29 is 19.1 Å². The van der Waals surface area contributed by atoms with Crippen molar-refractivity contribution in [1.29, 1.82) is 0 Å². The molecule has 0 unspecified atom stereocenters. The van der Waals surface area contributed by atoms with Crippen LogP contribution in [-0.2, 0) is 11.2 Å². The number of carboxylic acids is 1. The van der Waals surface area contributed by atoms with Crippen LogP contribution in [0.1, 0.15) is 22.3 Å². The number of carboxylic acid groups (broad SMARTS) is 1. The SMILES string of the molecule is O=C(O)CCc1ccccc1NC(=O)c1ccncc1F. The monoisotopic (exact) mass is 288 g/mol. The highest BCUT2D eigenvalue weighted by atomic mass is 19.1. The Hall–Kier alpha value is -2.76. The van der Waals surface area contributed by atoms with Crippen LogP contribution in [0.4, 0.5) is 10.1 Å². The minimum atomic E-state index is -0.920. The maximum absolute atomic E-state index is 13.5. The number of nitrogens with one attached hydrogen (secondary N) is 1. The molecular formula is C15H13FN2O3. The minimum Gasteiger partial charge on any atom is -0.481 e. The van der Waals surface area contributed by atoms with Crippen molar-refractivity contribution in [2.24, 2.45) is 0 Å². The van der Waals surface area contributed by atoms with E-state index in [2.05, 4.69) is 10.3 Å². The number of carbonyl (C=O) groups is 2. The molecule has 0 aliphatic carbocycles. The largest absolute Gasteiger partial charge is 0.481 e. The van der Waals surface area contributed by atoms with Gasteiger partial charge in [-0.25, -0.2) is 4.39 Å². The first kappa shape index (κ1) is 14.6. The highest BCUT2D eigenvalue weighted by molar-refractivity contribution is 6.04. The third-order valence-corrected chi connectivity index (χ3v) is 2.89. The Morgan fingerprint density at radius 3 is 2.71 bits per heavy atom. The molecule has 21 heavy (non-hydrogen) atoms. The van der Waals surface area contributed by atoms with Crippen LogP contribution in [0.25, 0.3) is 0 Å². The molecule has 5 nitrogen and oxygen atoms in total. The van der Waals surface area contributed by atoms with Gasteiger partial charge in [-0.2, -0.15) is 0 Å². The molecule has 0 fully saturated rings. The van der Waals surface area contributed by atoms with Gasteiger partial charge in [0, 0.05) is 18.3 Å². The smallest absolute Gasteiger partial charge is 0.303 e. The van der Waals surface area contributed by atoms with E-state index in [0.717, 1.165) is 6.20 Å². The summed E-state index contributed by atoms with van der Waals surface area (Å²) in [6.45, 7) is 0. The fraction of sp³-hybridized carbons (Fsp3) is 0.133. The van der Waals surface area contributed by atoms with Gasteiger partial charge in [-0.3, -0.25) is 14.6 Å². The molecule has 0 atom stereocenters. The number of aryl methyl sites for hydroxylation is 1. The summed E-state index contributed by atoms with van der Waals surface area (Å²) in [6.07, 6.45) is 2.53. The van der Waals surface area contributed by atoms with E-state index in [0.29, 0.717) is 11.3 Å². The van der Waals surface area contributed by atoms with E-state index >= 15 is 0 Å². The fourth-order valence-electron chi connectivity index (χ4n) is 1.85. The molecule has 0 bridgehead atoms. The van der Waals surface area contributed by atoms with Crippen LogP contribution in [0.3, 0.4) is 0 Å². The van der Waals surface area contributed by atoms with Crippen LogP contribution in [-0.4, -0.2) is 22.0 Å². The van der Waals surface area contributed by atoms with Gasteiger partial charge in [0.1, 0.15) is 0 Å². The van der Waals surface area contributed by atoms with E-state index in [1.165, 1.54) is 12.3 Å². The fourth-order valence-corrected chi connectivity index (χ4v) is 1.85. The van der Waals surface area contributed by atoms with Crippen LogP contribution in [0.2, 0.25) is 0 Å². The van der Waals surface area contributed by atoms with Gasteiger partial charge in [0.15, 0.2) is 5.82 Å². The second-order valence-corrected chi connectivity index (χ2v) is 4.36. The maximum atomic E-state index is 13.5. The molecule has 108 valence electrons. The Kier molecular flexibility index (Phi) is 4.61. The van der Waals surface area contributed by atoms with Crippen molar-refractivity contribution in [3.8, 4) is 0 Å². The summed E-state index contributed by atoms with van der Waals surface area (Å²) in [7, 11) is 0. The van der Waals surface area contributed by atoms with E-state index in [4.69, 9.17) is 5.11 Å². The van der Waals surface area contributed by atoms with Gasteiger partial charge >= 0.3 is 5.97 Å². The van der Waals surface area contributed by atoms with E-state index in [-0.39, 0.29) is 18.4 Å². The third-order valence-electron chi connectivity index (χ3n) is 2.89. The van der Waals surface area contributed by atoms with Gasteiger partial charge in [0.05, 0.1) is 11.8 Å². The number of aromatic nitrogens is 1. The Labute approximate surface area is 120 Å². The van der Waals surface area contributed by atoms with E-state index in [9.17, 15) is 14.0 Å². The summed E-state index contributed by atoms with van der Waals surface area (Å²) in [4.78, 5) is 26.2. The van der Waals surface area contributed by atoms with Crippen molar-refractivity contribution in [2.75, 3.05) is 5.32 Å². The third kappa shape index (κ3) is 3.85. The Morgan fingerprint density at radius 1 is 1.24 bits per heavy atom. The Bertz CT molecular complexity index is 673. The topological polar surface area (TPSA) is 79.3 Å². The number of nitrogens with zero attached hydrogens (tertiary/aromatic N) is 1. The summed E-state index contributed by atoms with van der Waals surface area (Å²) in [6, 6.07) is 8.11. The first-order valence-electron chi connectivity index (χ1n) is 6.28. The van der Waals surface area contributed by atoms with Gasteiger partial charge in [-0.1, -0.05) is 18.2 Å². The van der Waals surface area contributed by atoms with Crippen molar-refractivity contribution in [1.82, 2.24) is 4.98 Å². The summed E-state index contributed by atoms with van der Waals surface area (Å²) in [5, 5.41) is 11.3. The predicted molar refractivity (Wildman–Crippen MR) is 74.5 cm³/mol. The van der Waals surface area contributed by atoms with Gasteiger partial charge in [-0.05, 0) is 24.1 Å². The van der Waals surface area contributed by atoms with Crippen LogP contribution < -0.4 is 5.32 Å². The number of rotatable bonds is 5. The number of pyridine rings is 1. The molecule has 1 amide bonds. The lowest BCUT2D eigenvalue weighted by Crippen LogP contribution is -2.15. The molecule has 1 aromatic carbocycles. The first-order chi connectivity index (χ1) is 10.1. The molecule has 1 heterocycles. The van der Waals surface area contributed by atoms with Crippen molar-refractivity contribution >= 4 is 17.6 Å². The summed E-state index contributed by atoms with van der Waals surface area (Å²) in [5.41, 5.74) is 1.04. The zero-order valence-electron chi connectivity index (χ0n) is 11.0. The zero-order valence-corrected chi connectivity index (χ0v) is 11.0. The lowest BCUT2D eigenvalue weighted by Gasteiger charge is -2.10. The number of hydrogen-bond acceptors (Lipinski definition) is 3. The number of para-hydroxylation sites is 1. The second kappa shape index (κ2) is 6.60. The molecule has 0 radical (unpaired) electrons. The van der Waals surface area contributed by atoms with Gasteiger partial charge in [-0.15, -0.1) is 0 Å². The lowest BCUT2D eigenvalue weighted by molar-refractivity contribution is -0.136. The quantitative estimate of drug-likeness (QED) is 0.886. The molecule has 0 saturated carbocycles. The molecule has 0 spiro atoms. The van der Waals surface area contributed by atoms with Crippen LogP contribution >= 0.6 is 0 Å². The molecule has 0 saturated heterocycles. The first-order valence-corrected chi connectivity index (χ1v) is 6.28. The van der Waals surface area contributed by atoms with Gasteiger partial charge in [0.25, 0.3) is 5.91 Å². The Morgan fingerprint density at radius 2 is 2.00 bits per heavy atom. The number of aliphatic carboxylic acids is 1. The van der Waals surface area contributed by atoms with Crippen molar-refractivity contribution in [3.05, 3.63) is 59.7 Å². The van der Waals surface area contributed by atoms with Crippen LogP contribution in [0.15, 0.2) is 42.7 Å². The standard InChI is InChI=1S/C15H13FN2O3/c16-12-9-17-8-7-11(12)15(21)18-13-4-2-1-3-10(13)5-6-14(19)20/h1-4,7-9H,5-6H2,(H,18,21)(H,19,20). The van der Waals surface area contributed by atoms with Crippen LogP contribution in [0.5, 0.6) is 0 Å². The predicted octanol–water partition coefficient (Wildman–Crippen LogP) is 2.49. The maximum Gasteiger partial charge on any atom is 0.303 e. The highest BCUT2D eigenvalue weighted by Crippen LogP contribution is 2.18. The van der Waals surface area contributed by atoms with Gasteiger partial charge in [0.2, 0.25) is 0 Å². The number of amides is 1. The van der Waals surface area contributed by atoms with E-state index < -0.39 is 17.7 Å². The highest BCUT2D eigenvalue weighted by Gasteiger charge is 2.13. The molecule has 2 rings (SSSR count). The summed E-state index contributed by atoms with van der Waals surface area (Å²) >= 11 is 0. The molecule has 2 N–H and O–H groups in total. The van der Waals surface area contributed by atoms with E-state index in [1.807, 2.05) is 0 Å². The van der Waals surface area contributed by atoms with Crippen LogP contribution in [0, 0.1) is 5.82 Å². The molecule has 1 aromatic heterocycles. The van der Waals surface area contributed by atoms with E-state index in [1.54, 1.807) is 24.3 Å². The minimum absolute atomic E-state index is 0.0451. The average Bonchev–Trinajstić information content (AvgIpc) is 2.46. The second-order valence-electron chi connectivity index (χ2n) is 4.36. The molecule has 0 aliphatic rings. The number of anilines is 1. The Balaban J connectivity index is 2.18. The van der Waals surface area contributed by atoms with Gasteiger partial charge < -0.3 is 10.4 Å². The molecular weight excluding hydrogens is 275 g/mol. The average molecular weight is 288 g/mol. The summed E-state index contributed by atoms with van der Waals surface area (Å²) in [5.74, 6) is -2.23. The normalized spacial score (nSPS) is 10.1. The van der Waals surface area contributed by atoms with Crippen molar-refractivity contribution in [3.63, 3.8) is 0 Å². The number of hydrogen-bond donors (Lipinski definition) is 2.